The number of methoxy groups -OCH3 is 1. The SMILES string of the molecule is COC(=O)C(O)=CC(=O)C1CCCCC1. The molecule has 0 aromatic rings. The molecule has 0 aromatic carbocycles. The summed E-state index contributed by atoms with van der Waals surface area (Å²) >= 11 is 0. The molecule has 0 heterocycles. The molecule has 1 rings (SSSR count). The summed E-state index contributed by atoms with van der Waals surface area (Å²) in [5.74, 6) is -1.67. The van der Waals surface area contributed by atoms with Crippen LogP contribution >= 0.6 is 0 Å². The van der Waals surface area contributed by atoms with Crippen molar-refractivity contribution in [1.29, 1.82) is 0 Å². The molecule has 1 saturated carbocycles. The van der Waals surface area contributed by atoms with Gasteiger partial charge in [0.25, 0.3) is 0 Å². The van der Waals surface area contributed by atoms with Gasteiger partial charge in [-0.15, -0.1) is 0 Å². The third kappa shape index (κ3) is 3.38. The molecule has 1 fully saturated rings. The molecule has 0 aromatic heterocycles. The molecule has 0 radical (unpaired) electrons. The van der Waals surface area contributed by atoms with E-state index >= 15 is 0 Å². The van der Waals surface area contributed by atoms with E-state index < -0.39 is 11.7 Å². The van der Waals surface area contributed by atoms with E-state index in [-0.39, 0.29) is 11.7 Å². The molecule has 0 aliphatic heterocycles. The molecule has 0 unspecified atom stereocenters. The van der Waals surface area contributed by atoms with Gasteiger partial charge in [-0.25, -0.2) is 4.79 Å². The van der Waals surface area contributed by atoms with Crippen LogP contribution in [0.3, 0.4) is 0 Å². The Bertz CT molecular complexity index is 274. The zero-order valence-electron chi connectivity index (χ0n) is 8.86. The first kappa shape index (κ1) is 11.8. The van der Waals surface area contributed by atoms with Gasteiger partial charge < -0.3 is 9.84 Å². The van der Waals surface area contributed by atoms with E-state index in [1.807, 2.05) is 0 Å². The highest BCUT2D eigenvalue weighted by atomic mass is 16.5. The first-order valence-electron chi connectivity index (χ1n) is 5.18. The molecule has 0 bridgehead atoms. The number of ketones is 1. The molecule has 1 N–H and O–H groups in total. The summed E-state index contributed by atoms with van der Waals surface area (Å²) in [4.78, 5) is 22.4. The molecule has 0 atom stereocenters. The van der Waals surface area contributed by atoms with Crippen LogP contribution in [0, 0.1) is 5.92 Å². The number of allylic oxidation sites excluding steroid dienone is 1. The molecule has 4 heteroatoms. The minimum Gasteiger partial charge on any atom is -0.502 e. The monoisotopic (exact) mass is 212 g/mol. The molecular weight excluding hydrogens is 196 g/mol. The topological polar surface area (TPSA) is 63.6 Å². The first-order valence-corrected chi connectivity index (χ1v) is 5.18. The van der Waals surface area contributed by atoms with Crippen molar-refractivity contribution in [2.75, 3.05) is 7.11 Å². The van der Waals surface area contributed by atoms with Crippen LogP contribution in [0.1, 0.15) is 32.1 Å². The van der Waals surface area contributed by atoms with Crippen molar-refractivity contribution in [3.63, 3.8) is 0 Å². The highest BCUT2D eigenvalue weighted by Crippen LogP contribution is 2.24. The van der Waals surface area contributed by atoms with Gasteiger partial charge in [0.15, 0.2) is 5.78 Å². The van der Waals surface area contributed by atoms with Crippen LogP contribution < -0.4 is 0 Å². The Kier molecular flexibility index (Phi) is 4.34. The highest BCUT2D eigenvalue weighted by Gasteiger charge is 2.21. The molecule has 0 spiro atoms. The van der Waals surface area contributed by atoms with Gasteiger partial charge in [-0.3, -0.25) is 4.79 Å². The third-order valence-corrected chi connectivity index (χ3v) is 2.68. The Balaban J connectivity index is 2.56. The molecule has 15 heavy (non-hydrogen) atoms. The van der Waals surface area contributed by atoms with Gasteiger partial charge >= 0.3 is 5.97 Å². The van der Waals surface area contributed by atoms with Crippen LogP contribution in [0.5, 0.6) is 0 Å². The summed E-state index contributed by atoms with van der Waals surface area (Å²) in [6.45, 7) is 0. The van der Waals surface area contributed by atoms with Crippen molar-refractivity contribution in [3.05, 3.63) is 11.8 Å². The molecule has 1 aliphatic rings. The predicted octanol–water partition coefficient (Wildman–Crippen LogP) is 1.75. The molecule has 0 amide bonds. The molecular formula is C11H16O4. The van der Waals surface area contributed by atoms with E-state index in [0.29, 0.717) is 0 Å². The summed E-state index contributed by atoms with van der Waals surface area (Å²) in [5, 5.41) is 9.18. The minimum absolute atomic E-state index is 0.0365. The van der Waals surface area contributed by atoms with Crippen LogP contribution in [-0.2, 0) is 14.3 Å². The zero-order valence-corrected chi connectivity index (χ0v) is 8.86. The summed E-state index contributed by atoms with van der Waals surface area (Å²) < 4.78 is 4.29. The largest absolute Gasteiger partial charge is 0.502 e. The molecule has 84 valence electrons. The van der Waals surface area contributed by atoms with Crippen LogP contribution in [0.15, 0.2) is 11.8 Å². The van der Waals surface area contributed by atoms with Crippen LogP contribution in [0.4, 0.5) is 0 Å². The van der Waals surface area contributed by atoms with Crippen molar-refractivity contribution < 1.29 is 19.4 Å². The fourth-order valence-electron chi connectivity index (χ4n) is 1.80. The summed E-state index contributed by atoms with van der Waals surface area (Å²) in [6, 6.07) is 0. The molecule has 1 aliphatic carbocycles. The summed E-state index contributed by atoms with van der Waals surface area (Å²) in [6.07, 6.45) is 5.94. The Morgan fingerprint density at radius 2 is 1.87 bits per heavy atom. The lowest BCUT2D eigenvalue weighted by Gasteiger charge is -2.18. The smallest absolute Gasteiger partial charge is 0.373 e. The molecule has 0 saturated heterocycles. The second-order valence-electron chi connectivity index (χ2n) is 3.76. The van der Waals surface area contributed by atoms with Crippen molar-refractivity contribution in [2.45, 2.75) is 32.1 Å². The Morgan fingerprint density at radius 1 is 1.27 bits per heavy atom. The number of aliphatic hydroxyl groups is 1. The Hall–Kier alpha value is -1.32. The van der Waals surface area contributed by atoms with Gasteiger partial charge in [0, 0.05) is 12.0 Å². The average Bonchev–Trinajstić information content (AvgIpc) is 2.29. The number of aliphatic hydroxyl groups excluding tert-OH is 1. The second kappa shape index (κ2) is 5.53. The maximum absolute atomic E-state index is 11.6. The number of rotatable bonds is 3. The van der Waals surface area contributed by atoms with Gasteiger partial charge in [-0.1, -0.05) is 19.3 Å². The predicted molar refractivity (Wildman–Crippen MR) is 54.3 cm³/mol. The fourth-order valence-corrected chi connectivity index (χ4v) is 1.80. The van der Waals surface area contributed by atoms with Gasteiger partial charge in [-0.05, 0) is 12.8 Å². The lowest BCUT2D eigenvalue weighted by molar-refractivity contribution is -0.139. The van der Waals surface area contributed by atoms with E-state index in [1.54, 1.807) is 0 Å². The van der Waals surface area contributed by atoms with Crippen LogP contribution in [0.25, 0.3) is 0 Å². The highest BCUT2D eigenvalue weighted by molar-refractivity contribution is 5.98. The quantitative estimate of drug-likeness (QED) is 0.440. The van der Waals surface area contributed by atoms with E-state index in [0.717, 1.165) is 45.3 Å². The molecule has 4 nitrogen and oxygen atoms in total. The number of esters is 1. The maximum Gasteiger partial charge on any atom is 0.373 e. The van der Waals surface area contributed by atoms with Crippen molar-refractivity contribution >= 4 is 11.8 Å². The van der Waals surface area contributed by atoms with Crippen LogP contribution in [-0.4, -0.2) is 24.0 Å². The number of hydrogen-bond donors (Lipinski definition) is 1. The lowest BCUT2D eigenvalue weighted by Crippen LogP contribution is -2.17. The van der Waals surface area contributed by atoms with E-state index in [2.05, 4.69) is 4.74 Å². The fraction of sp³-hybridized carbons (Fsp3) is 0.636. The number of carbonyl (C=O) groups is 2. The standard InChI is InChI=1S/C11H16O4/c1-15-11(14)10(13)7-9(12)8-5-3-2-4-6-8/h7-8,13H,2-6H2,1H3. The normalized spacial score (nSPS) is 18.6. The first-order chi connectivity index (χ1) is 7.15. The average molecular weight is 212 g/mol. The van der Waals surface area contributed by atoms with Crippen molar-refractivity contribution in [2.24, 2.45) is 5.92 Å². The maximum atomic E-state index is 11.6. The Labute approximate surface area is 88.9 Å². The lowest BCUT2D eigenvalue weighted by atomic mass is 9.86. The van der Waals surface area contributed by atoms with Gasteiger partial charge in [0.2, 0.25) is 5.76 Å². The van der Waals surface area contributed by atoms with Crippen molar-refractivity contribution in [3.8, 4) is 0 Å². The number of hydrogen-bond acceptors (Lipinski definition) is 4. The van der Waals surface area contributed by atoms with Gasteiger partial charge in [0.1, 0.15) is 0 Å². The van der Waals surface area contributed by atoms with Crippen LogP contribution in [0.2, 0.25) is 0 Å². The van der Waals surface area contributed by atoms with Gasteiger partial charge in [0.05, 0.1) is 7.11 Å². The van der Waals surface area contributed by atoms with E-state index in [1.165, 1.54) is 0 Å². The zero-order chi connectivity index (χ0) is 11.3. The summed E-state index contributed by atoms with van der Waals surface area (Å²) in [7, 11) is 1.16. The van der Waals surface area contributed by atoms with E-state index in [9.17, 15) is 14.7 Å². The Morgan fingerprint density at radius 3 is 2.40 bits per heavy atom. The minimum atomic E-state index is -0.862. The van der Waals surface area contributed by atoms with E-state index in [4.69, 9.17) is 0 Å². The number of ether oxygens (including phenoxy) is 1. The third-order valence-electron chi connectivity index (χ3n) is 2.68. The van der Waals surface area contributed by atoms with Crippen molar-refractivity contribution in [1.82, 2.24) is 0 Å². The number of carbonyl (C=O) groups excluding carboxylic acids is 2. The second-order valence-corrected chi connectivity index (χ2v) is 3.76. The summed E-state index contributed by atoms with van der Waals surface area (Å²) in [5.41, 5.74) is 0. The van der Waals surface area contributed by atoms with Gasteiger partial charge in [-0.2, -0.15) is 0 Å².